The second kappa shape index (κ2) is 6.36. The molecule has 3 aromatic rings. The van der Waals surface area contributed by atoms with Gasteiger partial charge in [0.15, 0.2) is 0 Å². The number of benzene rings is 2. The predicted octanol–water partition coefficient (Wildman–Crippen LogP) is 3.01. The molecule has 5 nitrogen and oxygen atoms in total. The van der Waals surface area contributed by atoms with Crippen LogP contribution in [0.1, 0.15) is 22.8 Å². The van der Waals surface area contributed by atoms with Crippen LogP contribution in [0.3, 0.4) is 0 Å². The lowest BCUT2D eigenvalue weighted by Crippen LogP contribution is -2.17. The predicted molar refractivity (Wildman–Crippen MR) is 93.5 cm³/mol. The van der Waals surface area contributed by atoms with Gasteiger partial charge in [0, 0.05) is 40.5 Å². The SMILES string of the molecule is CCn1cc(/C=N\NC(=O)c2cccc(N)c2)c2ccccc21. The summed E-state index contributed by atoms with van der Waals surface area (Å²) in [7, 11) is 0. The number of nitrogens with zero attached hydrogens (tertiary/aromatic N) is 2. The van der Waals surface area contributed by atoms with Crippen molar-refractivity contribution in [2.75, 3.05) is 5.73 Å². The number of hydrogen-bond acceptors (Lipinski definition) is 3. The molecular weight excluding hydrogens is 288 g/mol. The van der Waals surface area contributed by atoms with E-state index in [1.54, 1.807) is 30.5 Å². The van der Waals surface area contributed by atoms with E-state index in [1.807, 2.05) is 24.4 Å². The molecule has 2 aromatic carbocycles. The van der Waals surface area contributed by atoms with Gasteiger partial charge in [-0.1, -0.05) is 24.3 Å². The first-order valence-electron chi connectivity index (χ1n) is 7.46. The van der Waals surface area contributed by atoms with E-state index in [2.05, 4.69) is 28.1 Å². The summed E-state index contributed by atoms with van der Waals surface area (Å²) in [5, 5.41) is 5.17. The Labute approximate surface area is 134 Å². The number of aromatic nitrogens is 1. The molecule has 0 bridgehead atoms. The van der Waals surface area contributed by atoms with Gasteiger partial charge in [-0.05, 0) is 31.2 Å². The van der Waals surface area contributed by atoms with Gasteiger partial charge in [0.1, 0.15) is 0 Å². The Balaban J connectivity index is 1.80. The zero-order chi connectivity index (χ0) is 16.2. The van der Waals surface area contributed by atoms with Crippen molar-refractivity contribution in [3.8, 4) is 0 Å². The summed E-state index contributed by atoms with van der Waals surface area (Å²) < 4.78 is 2.15. The molecule has 0 atom stereocenters. The Morgan fingerprint density at radius 1 is 1.26 bits per heavy atom. The maximum absolute atomic E-state index is 12.0. The van der Waals surface area contributed by atoms with E-state index < -0.39 is 0 Å². The van der Waals surface area contributed by atoms with Crippen LogP contribution in [-0.2, 0) is 6.54 Å². The van der Waals surface area contributed by atoms with Crippen LogP contribution in [0.5, 0.6) is 0 Å². The number of nitrogens with two attached hydrogens (primary N) is 1. The molecule has 1 amide bonds. The number of carbonyl (C=O) groups excluding carboxylic acids is 1. The normalized spacial score (nSPS) is 11.2. The lowest BCUT2D eigenvalue weighted by molar-refractivity contribution is 0.0955. The average Bonchev–Trinajstić information content (AvgIpc) is 2.93. The number of para-hydroxylation sites is 1. The number of hydrogen-bond donors (Lipinski definition) is 2. The minimum Gasteiger partial charge on any atom is -0.399 e. The zero-order valence-corrected chi connectivity index (χ0v) is 12.9. The van der Waals surface area contributed by atoms with Crippen LogP contribution < -0.4 is 11.2 Å². The van der Waals surface area contributed by atoms with Crippen LogP contribution in [0.25, 0.3) is 10.9 Å². The molecule has 0 radical (unpaired) electrons. The first-order valence-corrected chi connectivity index (χ1v) is 7.46. The van der Waals surface area contributed by atoms with Gasteiger partial charge >= 0.3 is 0 Å². The average molecular weight is 306 g/mol. The lowest BCUT2D eigenvalue weighted by atomic mass is 10.2. The van der Waals surface area contributed by atoms with Gasteiger partial charge in [0.2, 0.25) is 0 Å². The van der Waals surface area contributed by atoms with Crippen LogP contribution in [0, 0.1) is 0 Å². The number of anilines is 1. The third-order valence-electron chi connectivity index (χ3n) is 3.68. The van der Waals surface area contributed by atoms with E-state index in [0.717, 1.165) is 23.0 Å². The second-order valence-electron chi connectivity index (χ2n) is 5.21. The Hall–Kier alpha value is -3.08. The third-order valence-corrected chi connectivity index (χ3v) is 3.68. The molecule has 1 heterocycles. The van der Waals surface area contributed by atoms with Crippen molar-refractivity contribution in [1.82, 2.24) is 9.99 Å². The van der Waals surface area contributed by atoms with Gasteiger partial charge in [-0.25, -0.2) is 5.43 Å². The van der Waals surface area contributed by atoms with Crippen molar-refractivity contribution in [3.63, 3.8) is 0 Å². The standard InChI is InChI=1S/C18H18N4O/c1-2-22-12-14(16-8-3-4-9-17(16)22)11-20-21-18(23)13-6-5-7-15(19)10-13/h3-12H,2,19H2,1H3,(H,21,23)/b20-11-. The summed E-state index contributed by atoms with van der Waals surface area (Å²) in [5.74, 6) is -0.284. The van der Waals surface area contributed by atoms with E-state index in [9.17, 15) is 4.79 Å². The molecule has 0 saturated carbocycles. The minimum absolute atomic E-state index is 0.284. The number of hydrazone groups is 1. The molecule has 23 heavy (non-hydrogen) atoms. The van der Waals surface area contributed by atoms with E-state index in [1.165, 1.54) is 0 Å². The zero-order valence-electron chi connectivity index (χ0n) is 12.9. The number of nitrogens with one attached hydrogen (secondary N) is 1. The van der Waals surface area contributed by atoms with Gasteiger partial charge in [-0.15, -0.1) is 0 Å². The molecule has 0 aliphatic rings. The van der Waals surface area contributed by atoms with Gasteiger partial charge < -0.3 is 10.3 Å². The van der Waals surface area contributed by atoms with E-state index in [0.29, 0.717) is 11.3 Å². The van der Waals surface area contributed by atoms with Crippen LogP contribution in [0.4, 0.5) is 5.69 Å². The second-order valence-corrected chi connectivity index (χ2v) is 5.21. The highest BCUT2D eigenvalue weighted by atomic mass is 16.2. The van der Waals surface area contributed by atoms with Crippen molar-refractivity contribution in [1.29, 1.82) is 0 Å². The molecule has 0 saturated heterocycles. The number of rotatable bonds is 4. The van der Waals surface area contributed by atoms with Gasteiger partial charge in [0.05, 0.1) is 6.21 Å². The maximum Gasteiger partial charge on any atom is 0.271 e. The molecule has 116 valence electrons. The summed E-state index contributed by atoms with van der Waals surface area (Å²) in [4.78, 5) is 12.0. The van der Waals surface area contributed by atoms with Crippen LogP contribution in [0.15, 0.2) is 59.8 Å². The summed E-state index contributed by atoms with van der Waals surface area (Å²) in [5.41, 5.74) is 11.4. The van der Waals surface area contributed by atoms with Gasteiger partial charge in [-0.3, -0.25) is 4.79 Å². The fourth-order valence-electron chi connectivity index (χ4n) is 2.54. The Morgan fingerprint density at radius 3 is 2.87 bits per heavy atom. The number of aryl methyl sites for hydroxylation is 1. The highest BCUT2D eigenvalue weighted by Crippen LogP contribution is 2.19. The monoisotopic (exact) mass is 306 g/mol. The molecule has 0 spiro atoms. The molecule has 0 aliphatic heterocycles. The summed E-state index contributed by atoms with van der Waals surface area (Å²) in [6, 6.07) is 14.9. The smallest absolute Gasteiger partial charge is 0.271 e. The highest BCUT2D eigenvalue weighted by Gasteiger charge is 2.06. The first-order chi connectivity index (χ1) is 11.2. The molecule has 0 aliphatic carbocycles. The largest absolute Gasteiger partial charge is 0.399 e. The summed E-state index contributed by atoms with van der Waals surface area (Å²) >= 11 is 0. The first kappa shape index (κ1) is 14.8. The van der Waals surface area contributed by atoms with E-state index in [4.69, 9.17) is 5.73 Å². The van der Waals surface area contributed by atoms with Gasteiger partial charge in [-0.2, -0.15) is 5.10 Å². The molecule has 5 heteroatoms. The van der Waals surface area contributed by atoms with Crippen molar-refractivity contribution in [2.24, 2.45) is 5.10 Å². The molecule has 3 N–H and O–H groups in total. The topological polar surface area (TPSA) is 72.4 Å². The fraction of sp³-hybridized carbons (Fsp3) is 0.111. The molecule has 1 aromatic heterocycles. The van der Waals surface area contributed by atoms with E-state index >= 15 is 0 Å². The van der Waals surface area contributed by atoms with Crippen LogP contribution in [-0.4, -0.2) is 16.7 Å². The van der Waals surface area contributed by atoms with Crippen LogP contribution in [0.2, 0.25) is 0 Å². The molecule has 0 unspecified atom stereocenters. The Kier molecular flexibility index (Phi) is 4.10. The number of fused-ring (bicyclic) bond motifs is 1. The minimum atomic E-state index is -0.284. The Morgan fingerprint density at radius 2 is 2.09 bits per heavy atom. The molecule has 0 fully saturated rings. The Bertz CT molecular complexity index is 880. The number of carbonyl (C=O) groups is 1. The quantitative estimate of drug-likeness (QED) is 0.442. The number of amides is 1. The highest BCUT2D eigenvalue weighted by molar-refractivity contribution is 6.00. The maximum atomic E-state index is 12.0. The van der Waals surface area contributed by atoms with Crippen molar-refractivity contribution >= 4 is 28.7 Å². The van der Waals surface area contributed by atoms with Gasteiger partial charge in [0.25, 0.3) is 5.91 Å². The fourth-order valence-corrected chi connectivity index (χ4v) is 2.54. The summed E-state index contributed by atoms with van der Waals surface area (Å²) in [6.45, 7) is 2.97. The van der Waals surface area contributed by atoms with Crippen LogP contribution >= 0.6 is 0 Å². The van der Waals surface area contributed by atoms with Crippen molar-refractivity contribution in [2.45, 2.75) is 13.5 Å². The van der Waals surface area contributed by atoms with E-state index in [-0.39, 0.29) is 5.91 Å². The molecule has 3 rings (SSSR count). The lowest BCUT2D eigenvalue weighted by Gasteiger charge is -2.00. The third kappa shape index (κ3) is 3.08. The molecular formula is C18H18N4O. The van der Waals surface area contributed by atoms with Crippen molar-refractivity contribution in [3.05, 3.63) is 65.9 Å². The summed E-state index contributed by atoms with van der Waals surface area (Å²) in [6.07, 6.45) is 3.69. The number of nitrogen functional groups attached to an aromatic ring is 1. The van der Waals surface area contributed by atoms with Crippen molar-refractivity contribution < 1.29 is 4.79 Å².